The van der Waals surface area contributed by atoms with Crippen molar-refractivity contribution in [1.29, 1.82) is 0 Å². The summed E-state index contributed by atoms with van der Waals surface area (Å²) in [5.74, 6) is 5.28. The maximum atomic E-state index is 13.0. The number of halogens is 1. The number of hydrazine groups is 1. The van der Waals surface area contributed by atoms with Crippen molar-refractivity contribution in [2.24, 2.45) is 11.3 Å². The van der Waals surface area contributed by atoms with Crippen LogP contribution in [0.1, 0.15) is 38.8 Å². The number of hydrogen-bond acceptors (Lipinski definition) is 3. The Morgan fingerprint density at radius 2 is 1.58 bits per heavy atom. The van der Waals surface area contributed by atoms with Crippen molar-refractivity contribution in [3.8, 4) is 0 Å². The van der Waals surface area contributed by atoms with Gasteiger partial charge in [0, 0.05) is 22.7 Å². The van der Waals surface area contributed by atoms with Crippen LogP contribution in [0.5, 0.6) is 0 Å². The minimum atomic E-state index is -0.622. The molecule has 4 nitrogen and oxygen atoms in total. The van der Waals surface area contributed by atoms with E-state index in [2.05, 4.69) is 24.6 Å². The summed E-state index contributed by atoms with van der Waals surface area (Å²) in [6.07, 6.45) is 0.847. The molecule has 4 N–H and O–H groups in total. The fourth-order valence-electron chi connectivity index (χ4n) is 2.77. The molecule has 5 heteroatoms. The van der Waals surface area contributed by atoms with Gasteiger partial charge in [-0.2, -0.15) is 0 Å². The van der Waals surface area contributed by atoms with Crippen molar-refractivity contribution in [2.75, 3.05) is 11.9 Å². The van der Waals surface area contributed by atoms with E-state index in [-0.39, 0.29) is 11.3 Å². The van der Waals surface area contributed by atoms with Gasteiger partial charge in [-0.1, -0.05) is 63.6 Å². The van der Waals surface area contributed by atoms with Gasteiger partial charge in [0.25, 0.3) is 0 Å². The van der Waals surface area contributed by atoms with Gasteiger partial charge in [-0.3, -0.25) is 16.1 Å². The monoisotopic (exact) mass is 373 g/mol. The van der Waals surface area contributed by atoms with E-state index in [1.165, 1.54) is 5.56 Å². The number of carbonyl (C=O) groups is 1. The Kier molecular flexibility index (Phi) is 6.45. The highest BCUT2D eigenvalue weighted by molar-refractivity contribution is 6.30. The summed E-state index contributed by atoms with van der Waals surface area (Å²) in [5, 5.41) is 3.74. The first kappa shape index (κ1) is 20.4. The third-order valence-electron chi connectivity index (χ3n) is 5.47. The molecule has 0 unspecified atom stereocenters. The summed E-state index contributed by atoms with van der Waals surface area (Å²) in [4.78, 5) is 13.0. The third-order valence-corrected chi connectivity index (χ3v) is 5.72. The molecule has 0 aromatic heterocycles. The molecule has 0 radical (unpaired) electrons. The smallest absolute Gasteiger partial charge is 0.230 e. The van der Waals surface area contributed by atoms with Gasteiger partial charge >= 0.3 is 0 Å². The number of anilines is 1. The number of carbonyl (C=O) groups excluding carboxylic acids is 1. The molecule has 0 aliphatic carbocycles. The molecule has 0 heterocycles. The van der Waals surface area contributed by atoms with Gasteiger partial charge in [0.05, 0.1) is 5.41 Å². The van der Waals surface area contributed by atoms with Crippen LogP contribution in [0.3, 0.4) is 0 Å². The van der Waals surface area contributed by atoms with Crippen LogP contribution in [0.25, 0.3) is 0 Å². The van der Waals surface area contributed by atoms with E-state index >= 15 is 0 Å². The summed E-state index contributed by atoms with van der Waals surface area (Å²) in [6.45, 7) is 8.82. The normalized spacial score (nSPS) is 12.1. The van der Waals surface area contributed by atoms with Crippen LogP contribution in [0.15, 0.2) is 48.5 Å². The molecule has 140 valence electrons. The van der Waals surface area contributed by atoms with Gasteiger partial charge < -0.3 is 5.32 Å². The fraction of sp³-hybridized carbons (Fsp3) is 0.381. The zero-order chi connectivity index (χ0) is 19.4. The van der Waals surface area contributed by atoms with Crippen molar-refractivity contribution in [3.05, 3.63) is 64.7 Å². The summed E-state index contributed by atoms with van der Waals surface area (Å²) in [6, 6.07) is 15.6. The van der Waals surface area contributed by atoms with E-state index in [9.17, 15) is 4.79 Å². The molecule has 2 aromatic rings. The Morgan fingerprint density at radius 3 is 2.12 bits per heavy atom. The Morgan fingerprint density at radius 1 is 1.00 bits per heavy atom. The van der Waals surface area contributed by atoms with E-state index < -0.39 is 5.41 Å². The minimum absolute atomic E-state index is 0.0196. The zero-order valence-electron chi connectivity index (χ0n) is 15.9. The highest BCUT2D eigenvalue weighted by Gasteiger charge is 2.44. The molecular weight excluding hydrogens is 346 g/mol. The highest BCUT2D eigenvalue weighted by atomic mass is 35.5. The lowest BCUT2D eigenvalue weighted by Gasteiger charge is -2.40. The van der Waals surface area contributed by atoms with Crippen molar-refractivity contribution in [1.82, 2.24) is 5.43 Å². The number of amides is 1. The van der Waals surface area contributed by atoms with E-state index in [1.807, 2.05) is 62.4 Å². The summed E-state index contributed by atoms with van der Waals surface area (Å²) in [7, 11) is 0. The summed E-state index contributed by atoms with van der Waals surface area (Å²) in [5.41, 5.74) is 4.69. The average Bonchev–Trinajstić information content (AvgIpc) is 2.61. The molecule has 2 aromatic carbocycles. The molecule has 0 aliphatic rings. The van der Waals surface area contributed by atoms with Crippen LogP contribution in [0.2, 0.25) is 5.02 Å². The number of nitrogens with two attached hydrogens (primary N) is 1. The van der Waals surface area contributed by atoms with Crippen molar-refractivity contribution < 1.29 is 4.79 Å². The topological polar surface area (TPSA) is 67.2 Å². The molecule has 2 rings (SSSR count). The lowest BCUT2D eigenvalue weighted by atomic mass is 9.63. The van der Waals surface area contributed by atoms with E-state index in [0.717, 1.165) is 17.7 Å². The standard InChI is InChI=1S/C21H28ClN3O/c1-20(2,16-7-9-17(22)10-8-16)21(3,4)19(26)25-18-11-5-15(6-12-18)13-14-24-23/h5-12,24H,13-14,23H2,1-4H3,(H,25,26). The summed E-state index contributed by atoms with van der Waals surface area (Å²) < 4.78 is 0. The Bertz CT molecular complexity index is 737. The second-order valence-electron chi connectivity index (χ2n) is 7.61. The van der Waals surface area contributed by atoms with Crippen LogP contribution in [0, 0.1) is 5.41 Å². The van der Waals surface area contributed by atoms with Crippen LogP contribution < -0.4 is 16.6 Å². The molecule has 0 saturated heterocycles. The van der Waals surface area contributed by atoms with E-state index in [0.29, 0.717) is 11.6 Å². The van der Waals surface area contributed by atoms with Gasteiger partial charge in [0.1, 0.15) is 0 Å². The highest BCUT2D eigenvalue weighted by Crippen LogP contribution is 2.42. The minimum Gasteiger partial charge on any atom is -0.326 e. The van der Waals surface area contributed by atoms with Crippen molar-refractivity contribution >= 4 is 23.2 Å². The van der Waals surface area contributed by atoms with Crippen molar-refractivity contribution in [2.45, 2.75) is 39.5 Å². The van der Waals surface area contributed by atoms with E-state index in [4.69, 9.17) is 17.4 Å². The second kappa shape index (κ2) is 8.21. The first-order valence-electron chi connectivity index (χ1n) is 8.78. The molecule has 26 heavy (non-hydrogen) atoms. The zero-order valence-corrected chi connectivity index (χ0v) is 16.7. The largest absolute Gasteiger partial charge is 0.326 e. The molecule has 1 amide bonds. The van der Waals surface area contributed by atoms with Gasteiger partial charge in [0.15, 0.2) is 0 Å². The van der Waals surface area contributed by atoms with Crippen LogP contribution in [-0.2, 0) is 16.6 Å². The van der Waals surface area contributed by atoms with Gasteiger partial charge in [-0.05, 0) is 41.8 Å². The second-order valence-corrected chi connectivity index (χ2v) is 8.05. The lowest BCUT2D eigenvalue weighted by Crippen LogP contribution is -2.45. The Hall–Kier alpha value is -1.88. The molecule has 0 bridgehead atoms. The van der Waals surface area contributed by atoms with Gasteiger partial charge in [-0.15, -0.1) is 0 Å². The predicted molar refractivity (Wildman–Crippen MR) is 109 cm³/mol. The fourth-order valence-corrected chi connectivity index (χ4v) is 2.90. The van der Waals surface area contributed by atoms with Gasteiger partial charge in [0.2, 0.25) is 5.91 Å². The predicted octanol–water partition coefficient (Wildman–Crippen LogP) is 4.29. The molecule has 0 aliphatic heterocycles. The Balaban J connectivity index is 2.14. The van der Waals surface area contributed by atoms with Crippen LogP contribution in [0.4, 0.5) is 5.69 Å². The molecule has 0 saturated carbocycles. The molecule has 0 spiro atoms. The maximum absolute atomic E-state index is 13.0. The maximum Gasteiger partial charge on any atom is 0.230 e. The number of benzene rings is 2. The molecule has 0 fully saturated rings. The Labute approximate surface area is 161 Å². The van der Waals surface area contributed by atoms with Gasteiger partial charge in [-0.25, -0.2) is 0 Å². The first-order valence-corrected chi connectivity index (χ1v) is 9.16. The van der Waals surface area contributed by atoms with Crippen LogP contribution in [-0.4, -0.2) is 12.5 Å². The van der Waals surface area contributed by atoms with Crippen molar-refractivity contribution in [3.63, 3.8) is 0 Å². The molecular formula is C21H28ClN3O. The molecule has 0 atom stereocenters. The lowest BCUT2D eigenvalue weighted by molar-refractivity contribution is -0.127. The number of hydrogen-bond donors (Lipinski definition) is 3. The first-order chi connectivity index (χ1) is 12.2. The summed E-state index contributed by atoms with van der Waals surface area (Å²) >= 11 is 6.00. The van der Waals surface area contributed by atoms with E-state index in [1.54, 1.807) is 0 Å². The SMILES string of the molecule is CC(C)(C(=O)Nc1ccc(CCNN)cc1)C(C)(C)c1ccc(Cl)cc1. The quantitative estimate of drug-likeness (QED) is 0.501. The van der Waals surface area contributed by atoms with Crippen LogP contribution >= 0.6 is 11.6 Å². The number of nitrogens with one attached hydrogen (secondary N) is 2. The third kappa shape index (κ3) is 4.44. The number of rotatable bonds is 7. The average molecular weight is 374 g/mol.